The van der Waals surface area contributed by atoms with Gasteiger partial charge in [-0.15, -0.1) is 0 Å². The molecule has 2 aromatic heterocycles. The maximum atomic E-state index is 15.8. The van der Waals surface area contributed by atoms with Crippen molar-refractivity contribution in [2.45, 2.75) is 32.6 Å². The third kappa shape index (κ3) is 3.11. The van der Waals surface area contributed by atoms with E-state index in [1.807, 2.05) is 0 Å². The fourth-order valence-electron chi connectivity index (χ4n) is 3.33. The van der Waals surface area contributed by atoms with Gasteiger partial charge in [-0.05, 0) is 24.6 Å². The molecule has 0 spiro atoms. The maximum absolute atomic E-state index is 15.8. The van der Waals surface area contributed by atoms with E-state index in [0.29, 0.717) is 5.22 Å². The maximum Gasteiger partial charge on any atom is 0.358 e. The molecular weight excluding hydrogens is 404 g/mol. The second kappa shape index (κ2) is 7.26. The molecule has 2 N–H and O–H groups in total. The van der Waals surface area contributed by atoms with Crippen molar-refractivity contribution in [1.29, 1.82) is 0 Å². The monoisotopic (exact) mass is 423 g/mol. The summed E-state index contributed by atoms with van der Waals surface area (Å²) in [4.78, 5) is 28.5. The molecule has 1 aliphatic rings. The summed E-state index contributed by atoms with van der Waals surface area (Å²) in [5, 5.41) is 0.150. The number of anilines is 1. The van der Waals surface area contributed by atoms with Gasteiger partial charge in [-0.2, -0.15) is 0 Å². The molecule has 1 unspecified atom stereocenters. The summed E-state index contributed by atoms with van der Waals surface area (Å²) in [5.74, 6) is -3.38. The summed E-state index contributed by atoms with van der Waals surface area (Å²) < 4.78 is 36.6. The molecule has 0 radical (unpaired) electrons. The number of carbonyl (C=O) groups excluding carboxylic acids is 2. The minimum atomic E-state index is -1.61. The summed E-state index contributed by atoms with van der Waals surface area (Å²) in [6.07, 6.45) is 3.21. The van der Waals surface area contributed by atoms with Crippen LogP contribution in [0.4, 0.5) is 14.5 Å². The molecule has 2 aromatic rings. The number of halogens is 3. The zero-order valence-electron chi connectivity index (χ0n) is 16.3. The van der Waals surface area contributed by atoms with Crippen molar-refractivity contribution < 1.29 is 23.1 Å². The van der Waals surface area contributed by atoms with Crippen LogP contribution in [0.25, 0.3) is 11.9 Å². The smallest absolute Gasteiger partial charge is 0.358 e. The molecule has 0 fully saturated rings. The fraction of sp³-hybridized carbons (Fsp3) is 0.350. The van der Waals surface area contributed by atoms with E-state index >= 15 is 8.78 Å². The Morgan fingerprint density at radius 3 is 2.62 bits per heavy atom. The van der Waals surface area contributed by atoms with Gasteiger partial charge >= 0.3 is 5.97 Å². The number of pyridine rings is 1. The van der Waals surface area contributed by atoms with Gasteiger partial charge in [-0.3, -0.25) is 9.36 Å². The van der Waals surface area contributed by atoms with Crippen molar-refractivity contribution in [2.75, 3.05) is 12.8 Å². The number of carbonyl (C=O) groups is 2. The summed E-state index contributed by atoms with van der Waals surface area (Å²) in [6, 6.07) is 1.62. The fourth-order valence-corrected chi connectivity index (χ4v) is 3.53. The molecule has 0 bridgehead atoms. The van der Waals surface area contributed by atoms with Crippen LogP contribution in [-0.4, -0.2) is 28.5 Å². The number of aromatic nitrogens is 2. The standard InChI is InChI=1S/C20H20ClF2N3O3/c1-9(2)18(27)26-8-6-10-5-7-20(3,16(23)15(10)26)17-12(22)13(24)11(21)14(25-17)19(28)29-4/h5-6,8-9H,7H2,1-4H3,(H2,24,25). The highest BCUT2D eigenvalue weighted by Gasteiger charge is 2.41. The number of nitrogens with zero attached hydrogens (tertiary/aromatic N) is 2. The number of methoxy groups -OCH3 is 1. The van der Waals surface area contributed by atoms with Gasteiger partial charge in [0, 0.05) is 12.1 Å². The first-order chi connectivity index (χ1) is 13.5. The van der Waals surface area contributed by atoms with Crippen LogP contribution in [0.15, 0.2) is 12.3 Å². The molecule has 3 rings (SSSR count). The molecule has 154 valence electrons. The van der Waals surface area contributed by atoms with Crippen molar-refractivity contribution in [3.63, 3.8) is 0 Å². The quantitative estimate of drug-likeness (QED) is 0.767. The van der Waals surface area contributed by atoms with Crippen molar-refractivity contribution in [3.05, 3.63) is 45.1 Å². The zero-order valence-corrected chi connectivity index (χ0v) is 17.1. The molecule has 1 atom stereocenters. The minimum absolute atomic E-state index is 0.0341. The molecule has 9 heteroatoms. The van der Waals surface area contributed by atoms with E-state index in [1.54, 1.807) is 26.0 Å². The zero-order chi connectivity index (χ0) is 21.7. The Bertz CT molecular complexity index is 1160. The van der Waals surface area contributed by atoms with Gasteiger partial charge in [0.15, 0.2) is 11.5 Å². The second-order valence-corrected chi connectivity index (χ2v) is 7.76. The molecule has 0 amide bonds. The van der Waals surface area contributed by atoms with Crippen LogP contribution in [0.3, 0.4) is 0 Å². The third-order valence-corrected chi connectivity index (χ3v) is 5.47. The number of rotatable bonds is 3. The number of fused-ring (bicyclic) bond motifs is 1. The van der Waals surface area contributed by atoms with Crippen LogP contribution in [0, 0.1) is 11.7 Å². The van der Waals surface area contributed by atoms with Gasteiger partial charge in [0.05, 0.1) is 34.3 Å². The Kier molecular flexibility index (Phi) is 5.25. The molecule has 0 saturated heterocycles. The lowest BCUT2D eigenvalue weighted by atomic mass is 9.78. The number of nitrogens with two attached hydrogens (primary N) is 1. The molecule has 2 heterocycles. The Morgan fingerprint density at radius 2 is 2.03 bits per heavy atom. The summed E-state index contributed by atoms with van der Waals surface area (Å²) >= 11 is 5.94. The molecule has 0 saturated carbocycles. The van der Waals surface area contributed by atoms with E-state index in [4.69, 9.17) is 17.3 Å². The molecule has 6 nitrogen and oxygen atoms in total. The van der Waals surface area contributed by atoms with Crippen LogP contribution in [-0.2, 0) is 10.2 Å². The highest BCUT2D eigenvalue weighted by atomic mass is 35.5. The van der Waals surface area contributed by atoms with E-state index < -0.39 is 39.4 Å². The average molecular weight is 424 g/mol. The van der Waals surface area contributed by atoms with E-state index in [0.717, 1.165) is 7.11 Å². The molecule has 0 aromatic carbocycles. The number of hydrogen-bond acceptors (Lipinski definition) is 5. The lowest BCUT2D eigenvalue weighted by Crippen LogP contribution is -2.44. The average Bonchev–Trinajstić information content (AvgIpc) is 3.12. The lowest BCUT2D eigenvalue weighted by molar-refractivity contribution is 0.0593. The van der Waals surface area contributed by atoms with E-state index in [1.165, 1.54) is 17.7 Å². The predicted octanol–water partition coefficient (Wildman–Crippen LogP) is 2.56. The topological polar surface area (TPSA) is 87.2 Å². The Balaban J connectivity index is 2.33. The summed E-state index contributed by atoms with van der Waals surface area (Å²) in [5.41, 5.74) is 2.80. The Hall–Kier alpha value is -2.74. The van der Waals surface area contributed by atoms with Crippen molar-refractivity contribution >= 4 is 41.1 Å². The minimum Gasteiger partial charge on any atom is -0.464 e. The van der Waals surface area contributed by atoms with Crippen molar-refractivity contribution in [2.24, 2.45) is 5.92 Å². The van der Waals surface area contributed by atoms with Crippen LogP contribution in [0.5, 0.6) is 0 Å². The van der Waals surface area contributed by atoms with Gasteiger partial charge < -0.3 is 10.5 Å². The third-order valence-electron chi connectivity index (χ3n) is 5.09. The van der Waals surface area contributed by atoms with E-state index in [-0.39, 0.29) is 29.3 Å². The molecule has 0 aliphatic heterocycles. The first-order valence-corrected chi connectivity index (χ1v) is 9.27. The van der Waals surface area contributed by atoms with Crippen LogP contribution >= 0.6 is 11.6 Å². The van der Waals surface area contributed by atoms with Gasteiger partial charge in [-0.1, -0.05) is 31.5 Å². The van der Waals surface area contributed by atoms with Gasteiger partial charge in [0.25, 0.3) is 0 Å². The Labute approximate surface area is 170 Å². The molecule has 1 aliphatic carbocycles. The first-order valence-electron chi connectivity index (χ1n) is 8.89. The number of ether oxygens (including phenoxy) is 1. The highest BCUT2D eigenvalue weighted by molar-refractivity contribution is 6.35. The summed E-state index contributed by atoms with van der Waals surface area (Å²) in [6.45, 7) is 4.82. The normalized spacial score (nSPS) is 18.4. The van der Waals surface area contributed by atoms with E-state index in [2.05, 4.69) is 9.72 Å². The summed E-state index contributed by atoms with van der Waals surface area (Å²) in [7, 11) is 1.11. The van der Waals surface area contributed by atoms with Crippen LogP contribution in [0.2, 0.25) is 5.02 Å². The number of hydrogen-bond donors (Lipinski definition) is 1. The first kappa shape index (κ1) is 21.0. The Morgan fingerprint density at radius 1 is 1.38 bits per heavy atom. The van der Waals surface area contributed by atoms with E-state index in [9.17, 15) is 9.59 Å². The van der Waals surface area contributed by atoms with Crippen LogP contribution < -0.4 is 16.3 Å². The lowest BCUT2D eigenvalue weighted by Gasteiger charge is -2.29. The largest absolute Gasteiger partial charge is 0.464 e. The van der Waals surface area contributed by atoms with Gasteiger partial charge in [0.1, 0.15) is 5.83 Å². The van der Waals surface area contributed by atoms with Crippen molar-refractivity contribution in [1.82, 2.24) is 9.55 Å². The molecule has 29 heavy (non-hydrogen) atoms. The SMILES string of the molecule is COC(=O)c1nc(C2(C)CC=c3ccn(C(=O)C(C)C)c3=C2F)c(F)c(N)c1Cl. The number of nitrogen functional groups attached to an aromatic ring is 1. The molecular formula is C20H20ClF2N3O3. The predicted molar refractivity (Wildman–Crippen MR) is 105 cm³/mol. The number of esters is 1. The van der Waals surface area contributed by atoms with Gasteiger partial charge in [-0.25, -0.2) is 18.6 Å². The highest BCUT2D eigenvalue weighted by Crippen LogP contribution is 2.41. The second-order valence-electron chi connectivity index (χ2n) is 7.38. The van der Waals surface area contributed by atoms with Crippen LogP contribution in [0.1, 0.15) is 48.2 Å². The van der Waals surface area contributed by atoms with Crippen molar-refractivity contribution in [3.8, 4) is 0 Å². The van der Waals surface area contributed by atoms with Gasteiger partial charge in [0.2, 0.25) is 5.91 Å².